The van der Waals surface area contributed by atoms with Gasteiger partial charge in [-0.05, 0) is 19.8 Å². The van der Waals surface area contributed by atoms with Crippen molar-refractivity contribution in [3.8, 4) is 5.88 Å². The van der Waals surface area contributed by atoms with Gasteiger partial charge >= 0.3 is 0 Å². The first-order valence-corrected chi connectivity index (χ1v) is 7.17. The number of nitrogens with one attached hydrogen (secondary N) is 2. The second-order valence-corrected chi connectivity index (χ2v) is 4.93. The summed E-state index contributed by atoms with van der Waals surface area (Å²) in [6.45, 7) is 2.48. The van der Waals surface area contributed by atoms with E-state index in [0.717, 1.165) is 25.7 Å². The highest BCUT2D eigenvalue weighted by Gasteiger charge is 2.30. The highest BCUT2D eigenvalue weighted by molar-refractivity contribution is 5.79. The molecule has 1 amide bonds. The molecule has 2 rings (SSSR count). The van der Waals surface area contributed by atoms with E-state index in [4.69, 9.17) is 4.74 Å². The maximum Gasteiger partial charge on any atom is 0.224 e. The molecule has 6 heteroatoms. The summed E-state index contributed by atoms with van der Waals surface area (Å²) in [6, 6.07) is 1.90. The number of hydrogen-bond acceptors (Lipinski definition) is 5. The molecule has 1 heterocycles. The van der Waals surface area contributed by atoms with Crippen molar-refractivity contribution in [1.29, 1.82) is 0 Å². The fraction of sp³-hybridized carbons (Fsp3) is 0.643. The molecule has 1 fully saturated rings. The number of rotatable bonds is 5. The van der Waals surface area contributed by atoms with Gasteiger partial charge in [0.15, 0.2) is 0 Å². The van der Waals surface area contributed by atoms with Crippen LogP contribution in [0.5, 0.6) is 5.88 Å². The Balaban J connectivity index is 2.06. The lowest BCUT2D eigenvalue weighted by atomic mass is 9.84. The van der Waals surface area contributed by atoms with Crippen molar-refractivity contribution in [2.75, 3.05) is 19.0 Å². The van der Waals surface area contributed by atoms with Crippen LogP contribution in [0.1, 0.15) is 32.6 Å². The van der Waals surface area contributed by atoms with Crippen LogP contribution in [-0.2, 0) is 4.79 Å². The van der Waals surface area contributed by atoms with Crippen molar-refractivity contribution >= 4 is 11.7 Å². The lowest BCUT2D eigenvalue weighted by molar-refractivity contribution is -0.125. The maximum absolute atomic E-state index is 11.9. The summed E-state index contributed by atoms with van der Waals surface area (Å²) in [5.74, 6) is 1.36. The molecule has 0 radical (unpaired) electrons. The molecule has 1 aromatic rings. The minimum atomic E-state index is -0.000686. The van der Waals surface area contributed by atoms with Crippen LogP contribution in [0.4, 0.5) is 5.82 Å². The molecule has 6 nitrogen and oxygen atoms in total. The van der Waals surface area contributed by atoms with Gasteiger partial charge in [-0.2, -0.15) is 0 Å². The highest BCUT2D eigenvalue weighted by atomic mass is 16.5. The van der Waals surface area contributed by atoms with Crippen LogP contribution in [0.25, 0.3) is 0 Å². The second kappa shape index (κ2) is 7.07. The Morgan fingerprint density at radius 1 is 1.40 bits per heavy atom. The summed E-state index contributed by atoms with van der Waals surface area (Å²) in [5, 5.41) is 6.10. The summed E-state index contributed by atoms with van der Waals surface area (Å²) in [6.07, 6.45) is 5.61. The zero-order valence-corrected chi connectivity index (χ0v) is 12.1. The SMILES string of the molecule is CCOc1cc(N[C@H]2CCCC[C@@H]2C(=O)NC)ncn1. The molecular formula is C14H22N4O2. The summed E-state index contributed by atoms with van der Waals surface area (Å²) < 4.78 is 5.36. The van der Waals surface area contributed by atoms with Crippen molar-refractivity contribution in [2.45, 2.75) is 38.6 Å². The molecule has 1 aliphatic rings. The Morgan fingerprint density at radius 2 is 2.20 bits per heavy atom. The minimum Gasteiger partial charge on any atom is -0.478 e. The molecule has 1 saturated carbocycles. The zero-order valence-electron chi connectivity index (χ0n) is 12.1. The molecule has 0 aromatic carbocycles. The number of aromatic nitrogens is 2. The van der Waals surface area contributed by atoms with Gasteiger partial charge in [-0.3, -0.25) is 4.79 Å². The first-order chi connectivity index (χ1) is 9.74. The predicted octanol–water partition coefficient (Wildman–Crippen LogP) is 1.59. The van der Waals surface area contributed by atoms with E-state index in [1.807, 2.05) is 6.92 Å². The van der Waals surface area contributed by atoms with Crippen LogP contribution in [0.2, 0.25) is 0 Å². The molecule has 0 unspecified atom stereocenters. The molecular weight excluding hydrogens is 256 g/mol. The lowest BCUT2D eigenvalue weighted by Crippen LogP contribution is -2.42. The van der Waals surface area contributed by atoms with Gasteiger partial charge in [-0.25, -0.2) is 9.97 Å². The van der Waals surface area contributed by atoms with Crippen LogP contribution < -0.4 is 15.4 Å². The molecule has 0 spiro atoms. The largest absolute Gasteiger partial charge is 0.478 e. The summed E-state index contributed by atoms with van der Waals surface area (Å²) in [7, 11) is 1.69. The van der Waals surface area contributed by atoms with Gasteiger partial charge in [0.25, 0.3) is 0 Å². The number of hydrogen-bond donors (Lipinski definition) is 2. The fourth-order valence-electron chi connectivity index (χ4n) is 2.64. The number of anilines is 1. The smallest absolute Gasteiger partial charge is 0.224 e. The average molecular weight is 278 g/mol. The minimum absolute atomic E-state index is 0.000686. The predicted molar refractivity (Wildman–Crippen MR) is 76.6 cm³/mol. The molecule has 20 heavy (non-hydrogen) atoms. The molecule has 2 atom stereocenters. The van der Waals surface area contributed by atoms with Crippen LogP contribution in [-0.4, -0.2) is 35.6 Å². The van der Waals surface area contributed by atoms with E-state index >= 15 is 0 Å². The van der Waals surface area contributed by atoms with Gasteiger partial charge in [0.2, 0.25) is 11.8 Å². The molecule has 0 aliphatic heterocycles. The Hall–Kier alpha value is -1.85. The summed E-state index contributed by atoms with van der Waals surface area (Å²) >= 11 is 0. The molecule has 1 aliphatic carbocycles. The topological polar surface area (TPSA) is 76.1 Å². The van der Waals surface area contributed by atoms with E-state index in [1.54, 1.807) is 13.1 Å². The van der Waals surface area contributed by atoms with Crippen molar-refractivity contribution in [1.82, 2.24) is 15.3 Å². The summed E-state index contributed by atoms with van der Waals surface area (Å²) in [5.41, 5.74) is 0. The van der Waals surface area contributed by atoms with Crippen LogP contribution in [0.15, 0.2) is 12.4 Å². The second-order valence-electron chi connectivity index (χ2n) is 4.93. The highest BCUT2D eigenvalue weighted by Crippen LogP contribution is 2.27. The molecule has 2 N–H and O–H groups in total. The van der Waals surface area contributed by atoms with E-state index in [0.29, 0.717) is 18.3 Å². The Labute approximate surface area is 119 Å². The van der Waals surface area contributed by atoms with Gasteiger partial charge < -0.3 is 15.4 Å². The number of amides is 1. The first kappa shape index (κ1) is 14.6. The Kier molecular flexibility index (Phi) is 5.15. The zero-order chi connectivity index (χ0) is 14.4. The van der Waals surface area contributed by atoms with E-state index in [1.165, 1.54) is 6.33 Å². The quantitative estimate of drug-likeness (QED) is 0.855. The van der Waals surface area contributed by atoms with E-state index in [-0.39, 0.29) is 17.9 Å². The van der Waals surface area contributed by atoms with Gasteiger partial charge in [-0.1, -0.05) is 12.8 Å². The lowest BCUT2D eigenvalue weighted by Gasteiger charge is -2.31. The van der Waals surface area contributed by atoms with Crippen molar-refractivity contribution < 1.29 is 9.53 Å². The third kappa shape index (κ3) is 3.59. The Bertz CT molecular complexity index is 453. The van der Waals surface area contributed by atoms with Crippen molar-refractivity contribution in [2.24, 2.45) is 5.92 Å². The van der Waals surface area contributed by atoms with Gasteiger partial charge in [0.05, 0.1) is 12.5 Å². The summed E-state index contributed by atoms with van der Waals surface area (Å²) in [4.78, 5) is 20.2. The van der Waals surface area contributed by atoms with Crippen molar-refractivity contribution in [3.05, 3.63) is 12.4 Å². The molecule has 1 aromatic heterocycles. The van der Waals surface area contributed by atoms with E-state index < -0.39 is 0 Å². The normalized spacial score (nSPS) is 22.1. The standard InChI is InChI=1S/C14H22N4O2/c1-3-20-13-8-12(16-9-17-13)18-11-7-5-4-6-10(11)14(19)15-2/h8-11H,3-7H2,1-2H3,(H,15,19)(H,16,17,18)/t10-,11-/m0/s1. The third-order valence-electron chi connectivity index (χ3n) is 3.62. The maximum atomic E-state index is 11.9. The van der Waals surface area contributed by atoms with Crippen LogP contribution in [0, 0.1) is 5.92 Å². The average Bonchev–Trinajstić information content (AvgIpc) is 2.48. The van der Waals surface area contributed by atoms with Crippen LogP contribution >= 0.6 is 0 Å². The number of carbonyl (C=O) groups is 1. The fourth-order valence-corrected chi connectivity index (χ4v) is 2.64. The Morgan fingerprint density at radius 3 is 2.95 bits per heavy atom. The van der Waals surface area contributed by atoms with Gasteiger partial charge in [-0.15, -0.1) is 0 Å². The van der Waals surface area contributed by atoms with Gasteiger partial charge in [0, 0.05) is 19.2 Å². The van der Waals surface area contributed by atoms with Crippen LogP contribution in [0.3, 0.4) is 0 Å². The van der Waals surface area contributed by atoms with Gasteiger partial charge in [0.1, 0.15) is 12.1 Å². The third-order valence-corrected chi connectivity index (χ3v) is 3.62. The monoisotopic (exact) mass is 278 g/mol. The first-order valence-electron chi connectivity index (χ1n) is 7.17. The molecule has 0 saturated heterocycles. The van der Waals surface area contributed by atoms with E-state index in [2.05, 4.69) is 20.6 Å². The molecule has 110 valence electrons. The number of ether oxygens (including phenoxy) is 1. The van der Waals surface area contributed by atoms with Crippen molar-refractivity contribution in [3.63, 3.8) is 0 Å². The van der Waals surface area contributed by atoms with E-state index in [9.17, 15) is 4.79 Å². The number of carbonyl (C=O) groups excluding carboxylic acids is 1. The molecule has 0 bridgehead atoms. The number of nitrogens with zero attached hydrogens (tertiary/aromatic N) is 2.